The molecule has 1 fully saturated rings. The van der Waals surface area contributed by atoms with E-state index in [4.69, 9.17) is 19.9 Å². The Morgan fingerprint density at radius 3 is 2.45 bits per heavy atom. The van der Waals surface area contributed by atoms with Gasteiger partial charge in [-0.05, 0) is 13.0 Å². The molecule has 216 valence electrons. The fourth-order valence-electron chi connectivity index (χ4n) is 5.69. The Labute approximate surface area is 234 Å². The highest BCUT2D eigenvalue weighted by Gasteiger charge is 2.49. The Balaban J connectivity index is 0.00000370. The van der Waals surface area contributed by atoms with Gasteiger partial charge in [0.05, 0.1) is 42.6 Å². The minimum absolute atomic E-state index is 0. The number of carbonyl (C=O) groups excluding carboxylic acids is 3. The molecule has 0 aromatic heterocycles. The molecule has 2 aromatic carbocycles. The molecule has 0 radical (unpaired) electrons. The van der Waals surface area contributed by atoms with Crippen LogP contribution in [0.3, 0.4) is 0 Å². The van der Waals surface area contributed by atoms with Crippen molar-refractivity contribution >= 4 is 29.8 Å². The maximum atomic E-state index is 13.6. The van der Waals surface area contributed by atoms with E-state index in [-0.39, 0.29) is 53.3 Å². The number of carbonyl (C=O) groups is 3. The van der Waals surface area contributed by atoms with E-state index in [0.29, 0.717) is 0 Å². The van der Waals surface area contributed by atoms with E-state index in [1.807, 2.05) is 0 Å². The summed E-state index contributed by atoms with van der Waals surface area (Å²) in [5.41, 5.74) is 2.67. The minimum Gasteiger partial charge on any atom is -0.507 e. The van der Waals surface area contributed by atoms with Crippen LogP contribution in [0.4, 0.5) is 0 Å². The molecular weight excluding hydrogens is 550 g/mol. The number of Topliss-reactive ketones (excluding diaryl/α,β-unsaturated/α-hetero) is 1. The SMILES string of the molecule is COc1cccc2c1C(=O)c1c(O)c3c(c(O)c1C2=O)C[C@@](O)(C(C)=O)C[C@@H]3O[C@H]1C[C@@H](N)[C@@H](O)[C@H](CO)O1.Cl. The summed E-state index contributed by atoms with van der Waals surface area (Å²) in [4.78, 5) is 39.6. The zero-order valence-electron chi connectivity index (χ0n) is 21.6. The second-order valence-electron chi connectivity index (χ2n) is 10.2. The van der Waals surface area contributed by atoms with Crippen LogP contribution < -0.4 is 10.5 Å². The molecule has 7 N–H and O–H groups in total. The van der Waals surface area contributed by atoms with Gasteiger partial charge in [0.2, 0.25) is 5.78 Å². The predicted molar refractivity (Wildman–Crippen MR) is 139 cm³/mol. The number of fused-ring (bicyclic) bond motifs is 3. The lowest BCUT2D eigenvalue weighted by Crippen LogP contribution is -2.54. The number of nitrogens with two attached hydrogens (primary N) is 1. The average Bonchev–Trinajstić information content (AvgIpc) is 2.90. The molecule has 2 aromatic rings. The molecule has 3 aliphatic rings. The molecule has 0 saturated carbocycles. The fourth-order valence-corrected chi connectivity index (χ4v) is 5.69. The third-order valence-electron chi connectivity index (χ3n) is 7.84. The maximum absolute atomic E-state index is 13.6. The Morgan fingerprint density at radius 1 is 1.15 bits per heavy atom. The number of phenolic OH excluding ortho intramolecular Hbond substituents is 2. The quantitative estimate of drug-likeness (QED) is 0.227. The third-order valence-corrected chi connectivity index (χ3v) is 7.84. The van der Waals surface area contributed by atoms with Gasteiger partial charge in [0.15, 0.2) is 17.9 Å². The molecule has 5 rings (SSSR count). The summed E-state index contributed by atoms with van der Waals surface area (Å²) in [7, 11) is 1.32. The van der Waals surface area contributed by atoms with Crippen LogP contribution in [0.15, 0.2) is 18.2 Å². The third kappa shape index (κ3) is 4.45. The Morgan fingerprint density at radius 2 is 1.82 bits per heavy atom. The highest BCUT2D eigenvalue weighted by Crippen LogP contribution is 2.52. The Bertz CT molecular complexity index is 1400. The number of aromatic hydroxyl groups is 2. The van der Waals surface area contributed by atoms with Crippen molar-refractivity contribution in [1.29, 1.82) is 0 Å². The van der Waals surface area contributed by atoms with Gasteiger partial charge in [-0.15, -0.1) is 12.4 Å². The largest absolute Gasteiger partial charge is 0.507 e. The maximum Gasteiger partial charge on any atom is 0.202 e. The van der Waals surface area contributed by atoms with E-state index in [2.05, 4.69) is 0 Å². The Hall–Kier alpha value is -3.10. The molecular formula is C27H30ClNO11. The van der Waals surface area contributed by atoms with Crippen molar-refractivity contribution in [2.45, 2.75) is 62.4 Å². The van der Waals surface area contributed by atoms with Crippen LogP contribution in [0.2, 0.25) is 0 Å². The second kappa shape index (κ2) is 10.7. The number of hydrogen-bond acceptors (Lipinski definition) is 12. The minimum atomic E-state index is -2.05. The van der Waals surface area contributed by atoms with Crippen molar-refractivity contribution in [3.05, 3.63) is 51.6 Å². The van der Waals surface area contributed by atoms with Crippen molar-refractivity contribution in [3.8, 4) is 17.2 Å². The van der Waals surface area contributed by atoms with Crippen LogP contribution in [0.1, 0.15) is 68.8 Å². The molecule has 1 aliphatic heterocycles. The number of phenols is 2. The van der Waals surface area contributed by atoms with E-state index in [9.17, 15) is 39.9 Å². The molecule has 6 atom stereocenters. The lowest BCUT2D eigenvalue weighted by atomic mass is 9.72. The zero-order chi connectivity index (χ0) is 28.4. The number of rotatable bonds is 5. The first kappa shape index (κ1) is 29.9. The molecule has 12 nitrogen and oxygen atoms in total. The molecule has 2 aliphatic carbocycles. The average molecular weight is 580 g/mol. The summed E-state index contributed by atoms with van der Waals surface area (Å²) in [5.74, 6) is -3.38. The highest BCUT2D eigenvalue weighted by molar-refractivity contribution is 6.31. The smallest absolute Gasteiger partial charge is 0.202 e. The molecule has 0 unspecified atom stereocenters. The van der Waals surface area contributed by atoms with Crippen LogP contribution in [-0.2, 0) is 20.7 Å². The van der Waals surface area contributed by atoms with Crippen molar-refractivity contribution in [1.82, 2.24) is 0 Å². The number of hydrogen-bond donors (Lipinski definition) is 6. The van der Waals surface area contributed by atoms with Gasteiger partial charge < -0.3 is 45.5 Å². The molecule has 40 heavy (non-hydrogen) atoms. The monoisotopic (exact) mass is 579 g/mol. The van der Waals surface area contributed by atoms with Gasteiger partial charge in [-0.2, -0.15) is 0 Å². The van der Waals surface area contributed by atoms with Gasteiger partial charge >= 0.3 is 0 Å². The van der Waals surface area contributed by atoms with E-state index in [0.717, 1.165) is 6.92 Å². The summed E-state index contributed by atoms with van der Waals surface area (Å²) >= 11 is 0. The van der Waals surface area contributed by atoms with Crippen molar-refractivity contribution < 1.29 is 54.1 Å². The summed E-state index contributed by atoms with van der Waals surface area (Å²) in [6, 6.07) is 3.54. The highest BCUT2D eigenvalue weighted by atomic mass is 35.5. The van der Waals surface area contributed by atoms with Crippen molar-refractivity contribution in [3.63, 3.8) is 0 Å². The molecule has 0 bridgehead atoms. The van der Waals surface area contributed by atoms with Gasteiger partial charge in [0, 0.05) is 42.0 Å². The summed E-state index contributed by atoms with van der Waals surface area (Å²) in [6.07, 6.45) is -5.60. The topological polar surface area (TPSA) is 206 Å². The summed E-state index contributed by atoms with van der Waals surface area (Å²) in [5, 5.41) is 53.7. The lowest BCUT2D eigenvalue weighted by molar-refractivity contribution is -0.256. The normalized spacial score (nSPS) is 29.1. The molecule has 1 heterocycles. The van der Waals surface area contributed by atoms with Crippen LogP contribution in [-0.4, -0.2) is 86.7 Å². The van der Waals surface area contributed by atoms with Gasteiger partial charge in [0.25, 0.3) is 0 Å². The first-order valence-corrected chi connectivity index (χ1v) is 12.4. The van der Waals surface area contributed by atoms with Crippen LogP contribution in [0.25, 0.3) is 0 Å². The summed E-state index contributed by atoms with van der Waals surface area (Å²) in [6.45, 7) is 0.588. The van der Waals surface area contributed by atoms with E-state index in [1.54, 1.807) is 0 Å². The van der Waals surface area contributed by atoms with Crippen LogP contribution in [0, 0.1) is 0 Å². The van der Waals surface area contributed by atoms with Gasteiger partial charge in [-0.1, -0.05) is 12.1 Å². The van der Waals surface area contributed by atoms with Crippen molar-refractivity contribution in [2.24, 2.45) is 5.73 Å². The van der Waals surface area contributed by atoms with Gasteiger partial charge in [0.1, 0.15) is 29.0 Å². The number of methoxy groups -OCH3 is 1. The number of ketones is 3. The molecule has 13 heteroatoms. The number of halogens is 1. The van der Waals surface area contributed by atoms with E-state index < -0.39 is 89.2 Å². The number of benzene rings is 2. The van der Waals surface area contributed by atoms with E-state index in [1.165, 1.54) is 25.3 Å². The lowest BCUT2D eigenvalue weighted by Gasteiger charge is -2.42. The zero-order valence-corrected chi connectivity index (χ0v) is 22.4. The number of aliphatic hydroxyl groups excluding tert-OH is 2. The summed E-state index contributed by atoms with van der Waals surface area (Å²) < 4.78 is 16.9. The predicted octanol–water partition coefficient (Wildman–Crippen LogP) is 0.423. The first-order chi connectivity index (χ1) is 18.4. The van der Waals surface area contributed by atoms with E-state index >= 15 is 0 Å². The number of aliphatic hydroxyl groups is 3. The van der Waals surface area contributed by atoms with Crippen LogP contribution >= 0.6 is 12.4 Å². The Kier molecular flexibility index (Phi) is 8.00. The molecule has 0 spiro atoms. The fraction of sp³-hybridized carbons (Fsp3) is 0.444. The van der Waals surface area contributed by atoms with Gasteiger partial charge in [-0.3, -0.25) is 14.4 Å². The standard InChI is InChI=1S/C27H29NO11.ClH/c1-10(30)27(36)7-12-19(15(8-27)38-17-6-13(28)24(33)16(9-29)39-17)26(35)21-20(23(12)32)22(31)11-4-3-5-14(37-2)18(11)25(21)34;/h3-5,13,15-17,24,29,32-33,35-36H,6-9,28H2,1-2H3;1H/t13-,15+,16+,17-,24-,27+;/m1./s1. The number of ether oxygens (including phenoxy) is 3. The molecule has 1 saturated heterocycles. The van der Waals surface area contributed by atoms with Gasteiger partial charge in [-0.25, -0.2) is 0 Å². The van der Waals surface area contributed by atoms with Crippen LogP contribution in [0.5, 0.6) is 17.2 Å². The van der Waals surface area contributed by atoms with Crippen molar-refractivity contribution in [2.75, 3.05) is 13.7 Å². The second-order valence-corrected chi connectivity index (χ2v) is 10.2. The first-order valence-electron chi connectivity index (χ1n) is 12.4. The molecule has 0 amide bonds.